The molecule has 0 fully saturated rings. The highest BCUT2D eigenvalue weighted by atomic mass is 14.6. The van der Waals surface area contributed by atoms with Crippen molar-refractivity contribution in [2.45, 2.75) is 70.4 Å². The highest BCUT2D eigenvalue weighted by Gasteiger charge is 2.05. The van der Waals surface area contributed by atoms with E-state index >= 15 is 0 Å². The summed E-state index contributed by atoms with van der Waals surface area (Å²) in [4.78, 5) is 0. The molecule has 0 bridgehead atoms. The Morgan fingerprint density at radius 3 is 1.73 bits per heavy atom. The van der Waals surface area contributed by atoms with E-state index in [1.165, 1.54) is 12.8 Å². The average Bonchev–Trinajstić information content (AvgIpc) is 2.23. The summed E-state index contributed by atoms with van der Waals surface area (Å²) in [5, 5.41) is 0. The van der Waals surface area contributed by atoms with E-state index in [9.17, 15) is 0 Å². The molecule has 0 rings (SSSR count). The van der Waals surface area contributed by atoms with E-state index in [2.05, 4.69) is 6.92 Å². The molecule has 0 aromatic rings. The summed E-state index contributed by atoms with van der Waals surface area (Å²) in [7, 11) is 0. The van der Waals surface area contributed by atoms with Crippen molar-refractivity contribution in [3.63, 3.8) is 0 Å². The molecule has 0 amide bonds. The average molecular weight is 215 g/mol. The summed E-state index contributed by atoms with van der Waals surface area (Å²) in [6.07, 6.45) is 9.13. The van der Waals surface area contributed by atoms with E-state index in [1.54, 1.807) is 0 Å². The molecule has 0 aromatic carbocycles. The molecular weight excluding hydrogens is 186 g/mol. The maximum Gasteiger partial charge on any atom is 0.00393 e. The topological polar surface area (TPSA) is 78.1 Å². The van der Waals surface area contributed by atoms with Crippen LogP contribution in [-0.4, -0.2) is 18.6 Å². The van der Waals surface area contributed by atoms with Gasteiger partial charge >= 0.3 is 0 Å². The zero-order valence-electron chi connectivity index (χ0n) is 10.3. The van der Waals surface area contributed by atoms with Crippen LogP contribution >= 0.6 is 0 Å². The van der Waals surface area contributed by atoms with Gasteiger partial charge in [0.15, 0.2) is 0 Å². The molecule has 0 saturated carbocycles. The van der Waals surface area contributed by atoms with Gasteiger partial charge in [-0.05, 0) is 38.6 Å². The lowest BCUT2D eigenvalue weighted by Crippen LogP contribution is -2.23. The van der Waals surface area contributed by atoms with Gasteiger partial charge in [0.1, 0.15) is 0 Å². The zero-order valence-corrected chi connectivity index (χ0v) is 10.3. The standard InChI is InChI=1S/C12H29N3/c1-2-3-6-11(14)7-4-8-12(15)9-5-10-13/h11-12H,2-10,13-15H2,1H3. The molecule has 2 unspecified atom stereocenters. The summed E-state index contributed by atoms with van der Waals surface area (Å²) >= 11 is 0. The molecule has 0 aromatic heterocycles. The minimum absolute atomic E-state index is 0.326. The van der Waals surface area contributed by atoms with Gasteiger partial charge in [0, 0.05) is 12.1 Å². The first-order valence-corrected chi connectivity index (χ1v) is 6.42. The van der Waals surface area contributed by atoms with Gasteiger partial charge < -0.3 is 17.2 Å². The lowest BCUT2D eigenvalue weighted by molar-refractivity contribution is 0.470. The van der Waals surface area contributed by atoms with E-state index in [0.29, 0.717) is 12.1 Å². The van der Waals surface area contributed by atoms with Crippen molar-refractivity contribution in [3.8, 4) is 0 Å². The Kier molecular flexibility index (Phi) is 10.3. The maximum atomic E-state index is 5.99. The maximum absolute atomic E-state index is 5.99. The predicted octanol–water partition coefficient (Wildman–Crippen LogP) is 1.74. The summed E-state index contributed by atoms with van der Waals surface area (Å²) < 4.78 is 0. The second kappa shape index (κ2) is 10.4. The van der Waals surface area contributed by atoms with Crippen LogP contribution in [0.4, 0.5) is 0 Å². The number of hydrogen-bond acceptors (Lipinski definition) is 3. The fourth-order valence-corrected chi connectivity index (χ4v) is 1.78. The second-order valence-corrected chi connectivity index (χ2v) is 4.52. The van der Waals surface area contributed by atoms with Crippen LogP contribution in [-0.2, 0) is 0 Å². The molecule has 15 heavy (non-hydrogen) atoms. The molecule has 3 nitrogen and oxygen atoms in total. The van der Waals surface area contributed by atoms with E-state index in [-0.39, 0.29) is 0 Å². The van der Waals surface area contributed by atoms with Gasteiger partial charge in [-0.25, -0.2) is 0 Å². The van der Waals surface area contributed by atoms with E-state index in [0.717, 1.165) is 45.1 Å². The second-order valence-electron chi connectivity index (χ2n) is 4.52. The van der Waals surface area contributed by atoms with E-state index in [4.69, 9.17) is 17.2 Å². The van der Waals surface area contributed by atoms with Crippen LogP contribution < -0.4 is 17.2 Å². The lowest BCUT2D eigenvalue weighted by Gasteiger charge is -2.13. The van der Waals surface area contributed by atoms with E-state index in [1.807, 2.05) is 0 Å². The summed E-state index contributed by atoms with van der Waals surface area (Å²) in [5.74, 6) is 0. The predicted molar refractivity (Wildman–Crippen MR) is 67.6 cm³/mol. The lowest BCUT2D eigenvalue weighted by atomic mass is 10.0. The van der Waals surface area contributed by atoms with Crippen LogP contribution in [0.15, 0.2) is 0 Å². The van der Waals surface area contributed by atoms with Crippen LogP contribution in [0.1, 0.15) is 58.3 Å². The first-order valence-electron chi connectivity index (χ1n) is 6.42. The van der Waals surface area contributed by atoms with Crippen molar-refractivity contribution in [1.82, 2.24) is 0 Å². The Balaban J connectivity index is 3.27. The molecule has 0 radical (unpaired) electrons. The first-order chi connectivity index (χ1) is 7.20. The molecule has 0 aliphatic rings. The molecule has 0 spiro atoms. The molecule has 2 atom stereocenters. The van der Waals surface area contributed by atoms with Crippen LogP contribution in [0.2, 0.25) is 0 Å². The van der Waals surface area contributed by atoms with Crippen molar-refractivity contribution in [1.29, 1.82) is 0 Å². The quantitative estimate of drug-likeness (QED) is 0.519. The number of nitrogens with two attached hydrogens (primary N) is 3. The number of hydrogen-bond donors (Lipinski definition) is 3. The van der Waals surface area contributed by atoms with Crippen molar-refractivity contribution in [2.75, 3.05) is 6.54 Å². The SMILES string of the molecule is CCCCC(N)CCCC(N)CCCN. The van der Waals surface area contributed by atoms with Crippen LogP contribution in [0.25, 0.3) is 0 Å². The van der Waals surface area contributed by atoms with Gasteiger partial charge in [-0.15, -0.1) is 0 Å². The first kappa shape index (κ1) is 14.9. The molecular formula is C12H29N3. The summed E-state index contributed by atoms with van der Waals surface area (Å²) in [5.41, 5.74) is 17.4. The Hall–Kier alpha value is -0.120. The Bertz CT molecular complexity index is 114. The van der Waals surface area contributed by atoms with Crippen molar-refractivity contribution < 1.29 is 0 Å². The van der Waals surface area contributed by atoms with Gasteiger partial charge in [-0.2, -0.15) is 0 Å². The third kappa shape index (κ3) is 10.2. The third-order valence-corrected chi connectivity index (χ3v) is 2.86. The van der Waals surface area contributed by atoms with Crippen molar-refractivity contribution in [2.24, 2.45) is 17.2 Å². The smallest absolute Gasteiger partial charge is 0.00393 e. The van der Waals surface area contributed by atoms with Gasteiger partial charge in [-0.1, -0.05) is 26.2 Å². The summed E-state index contributed by atoms with van der Waals surface area (Å²) in [6.45, 7) is 2.96. The Morgan fingerprint density at radius 1 is 0.800 bits per heavy atom. The third-order valence-electron chi connectivity index (χ3n) is 2.86. The highest BCUT2D eigenvalue weighted by molar-refractivity contribution is 4.66. The van der Waals surface area contributed by atoms with Crippen LogP contribution in [0.3, 0.4) is 0 Å². The molecule has 0 aliphatic heterocycles. The summed E-state index contributed by atoms with van der Waals surface area (Å²) in [6, 6.07) is 0.707. The molecule has 3 heteroatoms. The van der Waals surface area contributed by atoms with Crippen LogP contribution in [0, 0.1) is 0 Å². The minimum atomic E-state index is 0.326. The van der Waals surface area contributed by atoms with Gasteiger partial charge in [0.25, 0.3) is 0 Å². The Labute approximate surface area is 94.8 Å². The molecule has 92 valence electrons. The largest absolute Gasteiger partial charge is 0.330 e. The Morgan fingerprint density at radius 2 is 1.27 bits per heavy atom. The minimum Gasteiger partial charge on any atom is -0.330 e. The number of rotatable bonds is 10. The normalized spacial score (nSPS) is 15.2. The van der Waals surface area contributed by atoms with Crippen LogP contribution in [0.5, 0.6) is 0 Å². The van der Waals surface area contributed by atoms with Crippen molar-refractivity contribution >= 4 is 0 Å². The number of unbranched alkanes of at least 4 members (excludes halogenated alkanes) is 1. The monoisotopic (exact) mass is 215 g/mol. The van der Waals surface area contributed by atoms with E-state index < -0.39 is 0 Å². The zero-order chi connectivity index (χ0) is 11.5. The molecule has 0 saturated heterocycles. The van der Waals surface area contributed by atoms with Gasteiger partial charge in [-0.3, -0.25) is 0 Å². The highest BCUT2D eigenvalue weighted by Crippen LogP contribution is 2.09. The molecule has 0 aliphatic carbocycles. The van der Waals surface area contributed by atoms with Gasteiger partial charge in [0.05, 0.1) is 0 Å². The molecule has 6 N–H and O–H groups in total. The van der Waals surface area contributed by atoms with Gasteiger partial charge in [0.2, 0.25) is 0 Å². The fraction of sp³-hybridized carbons (Fsp3) is 1.00. The molecule has 0 heterocycles. The fourth-order valence-electron chi connectivity index (χ4n) is 1.78. The van der Waals surface area contributed by atoms with Crippen molar-refractivity contribution in [3.05, 3.63) is 0 Å².